The summed E-state index contributed by atoms with van der Waals surface area (Å²) in [6.07, 6.45) is 0. The highest BCUT2D eigenvalue weighted by molar-refractivity contribution is 14.1. The Morgan fingerprint density at radius 3 is 2.60 bits per heavy atom. The van der Waals surface area contributed by atoms with E-state index in [2.05, 4.69) is 0 Å². The fourth-order valence-corrected chi connectivity index (χ4v) is 1.92. The SMILES string of the molecule is N#Cc1cc(I)c(C(N)=O)c([N+](=O)[O-])c1. The Balaban J connectivity index is 3.58. The van der Waals surface area contributed by atoms with Gasteiger partial charge in [-0.3, -0.25) is 14.9 Å². The Bertz CT molecular complexity index is 493. The van der Waals surface area contributed by atoms with E-state index in [0.29, 0.717) is 3.57 Å². The second-order valence-electron chi connectivity index (χ2n) is 2.59. The number of hydrogen-bond donors (Lipinski definition) is 1. The third-order valence-electron chi connectivity index (χ3n) is 1.64. The predicted molar refractivity (Wildman–Crippen MR) is 59.0 cm³/mol. The lowest BCUT2D eigenvalue weighted by Gasteiger charge is -2.01. The molecule has 0 atom stereocenters. The molecule has 0 unspecified atom stereocenters. The van der Waals surface area contributed by atoms with Gasteiger partial charge in [-0.25, -0.2) is 0 Å². The number of primary amides is 1. The highest BCUT2D eigenvalue weighted by Gasteiger charge is 2.22. The summed E-state index contributed by atoms with van der Waals surface area (Å²) in [5, 5.41) is 19.2. The molecule has 0 aliphatic rings. The Kier molecular flexibility index (Phi) is 3.21. The molecule has 0 heterocycles. The van der Waals surface area contributed by atoms with E-state index in [9.17, 15) is 14.9 Å². The van der Waals surface area contributed by atoms with Gasteiger partial charge in [0.1, 0.15) is 5.56 Å². The number of nitro groups is 1. The van der Waals surface area contributed by atoms with Crippen molar-refractivity contribution in [2.75, 3.05) is 0 Å². The molecule has 1 rings (SSSR count). The quantitative estimate of drug-likeness (QED) is 0.501. The van der Waals surface area contributed by atoms with Crippen LogP contribution in [0.1, 0.15) is 15.9 Å². The third kappa shape index (κ3) is 2.21. The molecule has 1 amide bonds. The van der Waals surface area contributed by atoms with Crippen molar-refractivity contribution in [2.45, 2.75) is 0 Å². The fraction of sp³-hybridized carbons (Fsp3) is 0. The van der Waals surface area contributed by atoms with Gasteiger partial charge in [-0.05, 0) is 28.7 Å². The first kappa shape index (κ1) is 11.4. The summed E-state index contributed by atoms with van der Waals surface area (Å²) in [5.74, 6) is -0.879. The lowest BCUT2D eigenvalue weighted by atomic mass is 10.1. The molecule has 1 aromatic carbocycles. The number of benzene rings is 1. The maximum atomic E-state index is 11.0. The van der Waals surface area contributed by atoms with E-state index in [1.54, 1.807) is 28.7 Å². The highest BCUT2D eigenvalue weighted by Crippen LogP contribution is 2.25. The maximum Gasteiger partial charge on any atom is 0.284 e. The van der Waals surface area contributed by atoms with Gasteiger partial charge in [0.25, 0.3) is 11.6 Å². The van der Waals surface area contributed by atoms with Crippen molar-refractivity contribution in [1.29, 1.82) is 5.26 Å². The van der Waals surface area contributed by atoms with Crippen molar-refractivity contribution < 1.29 is 9.72 Å². The Labute approximate surface area is 98.0 Å². The molecule has 0 aliphatic carbocycles. The molecule has 6 nitrogen and oxygen atoms in total. The summed E-state index contributed by atoms with van der Waals surface area (Å²) < 4.78 is 0.297. The van der Waals surface area contributed by atoms with Gasteiger partial charge < -0.3 is 5.73 Å². The number of nitrogens with two attached hydrogens (primary N) is 1. The molecule has 2 N–H and O–H groups in total. The minimum atomic E-state index is -0.879. The highest BCUT2D eigenvalue weighted by atomic mass is 127. The Hall–Kier alpha value is -1.69. The van der Waals surface area contributed by atoms with Crippen LogP contribution in [0.25, 0.3) is 0 Å². The molecule has 1 aromatic rings. The normalized spacial score (nSPS) is 9.33. The number of halogens is 1. The van der Waals surface area contributed by atoms with Crippen LogP contribution in [0.5, 0.6) is 0 Å². The van der Waals surface area contributed by atoms with E-state index >= 15 is 0 Å². The Morgan fingerprint density at radius 2 is 2.20 bits per heavy atom. The first-order chi connectivity index (χ1) is 6.97. The van der Waals surface area contributed by atoms with Crippen molar-refractivity contribution in [1.82, 2.24) is 0 Å². The number of hydrogen-bond acceptors (Lipinski definition) is 4. The van der Waals surface area contributed by atoms with Crippen LogP contribution in [-0.4, -0.2) is 10.8 Å². The molecule has 0 saturated heterocycles. The molecule has 0 spiro atoms. The van der Waals surface area contributed by atoms with E-state index < -0.39 is 16.5 Å². The first-order valence-electron chi connectivity index (χ1n) is 3.65. The van der Waals surface area contributed by atoms with Crippen LogP contribution < -0.4 is 5.73 Å². The average molecular weight is 317 g/mol. The molecule has 7 heteroatoms. The van der Waals surface area contributed by atoms with Crippen molar-refractivity contribution >= 4 is 34.2 Å². The van der Waals surface area contributed by atoms with E-state index in [1.807, 2.05) is 0 Å². The van der Waals surface area contributed by atoms with E-state index in [0.717, 1.165) is 6.07 Å². The monoisotopic (exact) mass is 317 g/mol. The zero-order chi connectivity index (χ0) is 11.6. The standard InChI is InChI=1S/C8H4IN3O3/c9-5-1-4(3-10)2-6(12(14)15)7(5)8(11)13/h1-2H,(H2,11,13). The molecule has 15 heavy (non-hydrogen) atoms. The van der Waals surface area contributed by atoms with E-state index in [4.69, 9.17) is 11.0 Å². The number of nitrogens with zero attached hydrogens (tertiary/aromatic N) is 2. The number of carbonyl (C=O) groups excluding carboxylic acids is 1. The van der Waals surface area contributed by atoms with Gasteiger partial charge >= 0.3 is 0 Å². The zero-order valence-electron chi connectivity index (χ0n) is 7.23. The second-order valence-corrected chi connectivity index (χ2v) is 3.75. The fourth-order valence-electron chi connectivity index (χ4n) is 1.04. The third-order valence-corrected chi connectivity index (χ3v) is 2.49. The number of nitriles is 1. The van der Waals surface area contributed by atoms with Gasteiger partial charge in [-0.1, -0.05) is 0 Å². The van der Waals surface area contributed by atoms with Crippen LogP contribution in [0, 0.1) is 25.0 Å². The molecular weight excluding hydrogens is 313 g/mol. The largest absolute Gasteiger partial charge is 0.365 e. The predicted octanol–water partition coefficient (Wildman–Crippen LogP) is 1.17. The lowest BCUT2D eigenvalue weighted by molar-refractivity contribution is -0.385. The van der Waals surface area contributed by atoms with Crippen molar-refractivity contribution in [3.8, 4) is 6.07 Å². The van der Waals surface area contributed by atoms with Gasteiger partial charge in [-0.15, -0.1) is 0 Å². The summed E-state index contributed by atoms with van der Waals surface area (Å²) >= 11 is 1.73. The number of amides is 1. The summed E-state index contributed by atoms with van der Waals surface area (Å²) in [7, 11) is 0. The van der Waals surface area contributed by atoms with Crippen LogP contribution >= 0.6 is 22.6 Å². The smallest absolute Gasteiger partial charge is 0.284 e. The van der Waals surface area contributed by atoms with Crippen LogP contribution in [0.3, 0.4) is 0 Å². The molecule has 0 saturated carbocycles. The van der Waals surface area contributed by atoms with Gasteiger partial charge in [0.15, 0.2) is 0 Å². The summed E-state index contributed by atoms with van der Waals surface area (Å²) in [6, 6.07) is 4.17. The average Bonchev–Trinajstić information content (AvgIpc) is 2.15. The first-order valence-corrected chi connectivity index (χ1v) is 4.73. The van der Waals surface area contributed by atoms with Gasteiger partial charge in [0.2, 0.25) is 0 Å². The molecule has 0 aromatic heterocycles. The van der Waals surface area contributed by atoms with E-state index in [1.165, 1.54) is 6.07 Å². The minimum absolute atomic E-state index is 0.121. The Morgan fingerprint density at radius 1 is 1.60 bits per heavy atom. The summed E-state index contributed by atoms with van der Waals surface area (Å²) in [4.78, 5) is 20.9. The van der Waals surface area contributed by atoms with Crippen LogP contribution in [0.4, 0.5) is 5.69 Å². The van der Waals surface area contributed by atoms with Crippen LogP contribution in [0.2, 0.25) is 0 Å². The summed E-state index contributed by atoms with van der Waals surface area (Å²) in [5.41, 5.74) is 4.53. The van der Waals surface area contributed by atoms with Crippen LogP contribution in [0.15, 0.2) is 12.1 Å². The molecule has 0 radical (unpaired) electrons. The molecule has 76 valence electrons. The van der Waals surface area contributed by atoms with Crippen LogP contribution in [-0.2, 0) is 0 Å². The number of carbonyl (C=O) groups is 1. The number of rotatable bonds is 2. The minimum Gasteiger partial charge on any atom is -0.365 e. The number of nitro benzene ring substituents is 1. The maximum absolute atomic E-state index is 11.0. The van der Waals surface area contributed by atoms with Crippen molar-refractivity contribution in [2.24, 2.45) is 5.73 Å². The van der Waals surface area contributed by atoms with Gasteiger partial charge in [0.05, 0.1) is 16.6 Å². The van der Waals surface area contributed by atoms with Gasteiger partial charge in [-0.2, -0.15) is 5.26 Å². The summed E-state index contributed by atoms with van der Waals surface area (Å²) in [6.45, 7) is 0. The lowest BCUT2D eigenvalue weighted by Crippen LogP contribution is -2.15. The molecular formula is C8H4IN3O3. The molecule has 0 aliphatic heterocycles. The van der Waals surface area contributed by atoms with E-state index in [-0.39, 0.29) is 11.1 Å². The molecule has 0 bridgehead atoms. The second kappa shape index (κ2) is 4.22. The topological polar surface area (TPSA) is 110 Å². The van der Waals surface area contributed by atoms with Crippen molar-refractivity contribution in [3.05, 3.63) is 36.9 Å². The zero-order valence-corrected chi connectivity index (χ0v) is 9.39. The van der Waals surface area contributed by atoms with Crippen molar-refractivity contribution in [3.63, 3.8) is 0 Å². The molecule has 0 fully saturated rings. The van der Waals surface area contributed by atoms with Gasteiger partial charge in [0, 0.05) is 9.64 Å².